The predicted molar refractivity (Wildman–Crippen MR) is 100 cm³/mol. The predicted octanol–water partition coefficient (Wildman–Crippen LogP) is 4.58. The van der Waals surface area contributed by atoms with Gasteiger partial charge in [0.05, 0.1) is 12.1 Å². The minimum atomic E-state index is 0.303. The molecule has 1 aliphatic rings. The average molecular weight is 365 g/mol. The van der Waals surface area contributed by atoms with Gasteiger partial charge < -0.3 is 15.4 Å². The van der Waals surface area contributed by atoms with Crippen LogP contribution in [-0.4, -0.2) is 19.7 Å². The van der Waals surface area contributed by atoms with Crippen molar-refractivity contribution >= 4 is 23.2 Å². The van der Waals surface area contributed by atoms with E-state index in [1.165, 1.54) is 5.56 Å². The Balaban J connectivity index is 1.75. The van der Waals surface area contributed by atoms with Crippen LogP contribution in [0.4, 0.5) is 0 Å². The maximum Gasteiger partial charge on any atom is 0.126 e. The van der Waals surface area contributed by atoms with Gasteiger partial charge in [-0.15, -0.1) is 0 Å². The molecule has 1 fully saturated rings. The molecule has 0 amide bonds. The molecule has 1 saturated heterocycles. The zero-order valence-corrected chi connectivity index (χ0v) is 15.2. The standard InChI is InChI=1S/C19H22Cl2N2O/c1-24-18-11-14(20)10-16(21)15(18)12-23-17-8-5-9-22-19(17)13-6-3-2-4-7-13/h2-4,6-7,10-11,17,19,22-23H,5,8-9,12H2,1H3/t17-,19-/m1/s1. The van der Waals surface area contributed by atoms with Gasteiger partial charge >= 0.3 is 0 Å². The summed E-state index contributed by atoms with van der Waals surface area (Å²) in [6.45, 7) is 1.69. The lowest BCUT2D eigenvalue weighted by molar-refractivity contribution is 0.303. The highest BCUT2D eigenvalue weighted by Gasteiger charge is 2.26. The third kappa shape index (κ3) is 4.04. The number of piperidine rings is 1. The minimum Gasteiger partial charge on any atom is -0.496 e. The molecule has 128 valence electrons. The summed E-state index contributed by atoms with van der Waals surface area (Å²) in [7, 11) is 1.64. The number of rotatable bonds is 5. The van der Waals surface area contributed by atoms with Gasteiger partial charge in [0.25, 0.3) is 0 Å². The number of hydrogen-bond acceptors (Lipinski definition) is 3. The van der Waals surface area contributed by atoms with Crippen LogP contribution in [-0.2, 0) is 6.54 Å². The molecule has 24 heavy (non-hydrogen) atoms. The molecule has 2 N–H and O–H groups in total. The Bertz CT molecular complexity index is 679. The molecule has 0 spiro atoms. The summed E-state index contributed by atoms with van der Waals surface area (Å²) in [6.07, 6.45) is 2.28. The zero-order valence-electron chi connectivity index (χ0n) is 13.7. The highest BCUT2D eigenvalue weighted by Crippen LogP contribution is 2.31. The van der Waals surface area contributed by atoms with Gasteiger partial charge in [-0.25, -0.2) is 0 Å². The normalized spacial score (nSPS) is 20.8. The molecule has 3 nitrogen and oxygen atoms in total. The Morgan fingerprint density at radius 1 is 1.21 bits per heavy atom. The number of ether oxygens (including phenoxy) is 1. The molecule has 0 radical (unpaired) electrons. The maximum absolute atomic E-state index is 6.36. The number of nitrogens with one attached hydrogen (secondary N) is 2. The lowest BCUT2D eigenvalue weighted by Gasteiger charge is -2.34. The average Bonchev–Trinajstić information content (AvgIpc) is 2.61. The van der Waals surface area contributed by atoms with E-state index in [1.807, 2.05) is 6.07 Å². The number of methoxy groups -OCH3 is 1. The molecule has 0 aliphatic carbocycles. The summed E-state index contributed by atoms with van der Waals surface area (Å²) >= 11 is 12.4. The summed E-state index contributed by atoms with van der Waals surface area (Å²) in [5.74, 6) is 0.722. The summed E-state index contributed by atoms with van der Waals surface area (Å²) < 4.78 is 5.43. The molecule has 2 aromatic carbocycles. The summed E-state index contributed by atoms with van der Waals surface area (Å²) in [6, 6.07) is 14.8. The fourth-order valence-corrected chi connectivity index (χ4v) is 3.83. The van der Waals surface area contributed by atoms with Crippen LogP contribution < -0.4 is 15.4 Å². The van der Waals surface area contributed by atoms with Crippen molar-refractivity contribution < 1.29 is 4.74 Å². The van der Waals surface area contributed by atoms with Crippen LogP contribution in [0.15, 0.2) is 42.5 Å². The topological polar surface area (TPSA) is 33.3 Å². The third-order valence-electron chi connectivity index (χ3n) is 4.50. The summed E-state index contributed by atoms with van der Waals surface area (Å²) in [5, 5.41) is 8.49. The van der Waals surface area contributed by atoms with Crippen molar-refractivity contribution in [2.75, 3.05) is 13.7 Å². The van der Waals surface area contributed by atoms with Crippen molar-refractivity contribution in [1.82, 2.24) is 10.6 Å². The second-order valence-corrected chi connectivity index (χ2v) is 6.88. The first-order valence-corrected chi connectivity index (χ1v) is 8.98. The van der Waals surface area contributed by atoms with Crippen LogP contribution in [0.1, 0.15) is 30.0 Å². The van der Waals surface area contributed by atoms with E-state index in [0.29, 0.717) is 28.7 Å². The van der Waals surface area contributed by atoms with Crippen molar-refractivity contribution in [3.05, 3.63) is 63.6 Å². The molecular formula is C19H22Cl2N2O. The van der Waals surface area contributed by atoms with E-state index in [9.17, 15) is 0 Å². The first kappa shape index (κ1) is 17.6. The second kappa shape index (κ2) is 8.21. The number of benzene rings is 2. The van der Waals surface area contributed by atoms with Gasteiger partial charge in [-0.2, -0.15) is 0 Å². The molecule has 0 bridgehead atoms. The Labute approximate surface area is 153 Å². The highest BCUT2D eigenvalue weighted by molar-refractivity contribution is 6.35. The maximum atomic E-state index is 6.36. The van der Waals surface area contributed by atoms with Crippen LogP contribution in [0.5, 0.6) is 5.75 Å². The van der Waals surface area contributed by atoms with E-state index in [4.69, 9.17) is 27.9 Å². The molecule has 3 rings (SSSR count). The molecule has 0 saturated carbocycles. The quantitative estimate of drug-likeness (QED) is 0.814. The van der Waals surface area contributed by atoms with Crippen molar-refractivity contribution in [1.29, 1.82) is 0 Å². The Morgan fingerprint density at radius 2 is 2.00 bits per heavy atom. The molecule has 5 heteroatoms. The lowest BCUT2D eigenvalue weighted by Crippen LogP contribution is -2.45. The van der Waals surface area contributed by atoms with E-state index in [0.717, 1.165) is 30.7 Å². The van der Waals surface area contributed by atoms with Gasteiger partial charge in [-0.1, -0.05) is 53.5 Å². The van der Waals surface area contributed by atoms with Gasteiger partial charge in [0.1, 0.15) is 5.75 Å². The van der Waals surface area contributed by atoms with E-state index in [-0.39, 0.29) is 0 Å². The smallest absolute Gasteiger partial charge is 0.126 e. The monoisotopic (exact) mass is 364 g/mol. The summed E-state index contributed by atoms with van der Waals surface area (Å²) in [5.41, 5.74) is 2.25. The van der Waals surface area contributed by atoms with Crippen molar-refractivity contribution in [2.45, 2.75) is 31.5 Å². The fraction of sp³-hybridized carbons (Fsp3) is 0.368. The Hall–Kier alpha value is -1.26. The Kier molecular flexibility index (Phi) is 6.01. The fourth-order valence-electron chi connectivity index (χ4n) is 3.29. The van der Waals surface area contributed by atoms with Gasteiger partial charge in [0.2, 0.25) is 0 Å². The van der Waals surface area contributed by atoms with Crippen LogP contribution in [0.3, 0.4) is 0 Å². The SMILES string of the molecule is COc1cc(Cl)cc(Cl)c1CN[C@@H]1CCCN[C@@H]1c1ccccc1. The number of hydrogen-bond donors (Lipinski definition) is 2. The van der Waals surface area contributed by atoms with Gasteiger partial charge in [-0.05, 0) is 37.1 Å². The van der Waals surface area contributed by atoms with Crippen molar-refractivity contribution in [2.24, 2.45) is 0 Å². The van der Waals surface area contributed by atoms with E-state index in [1.54, 1.807) is 19.2 Å². The van der Waals surface area contributed by atoms with Gasteiger partial charge in [-0.3, -0.25) is 0 Å². The van der Waals surface area contributed by atoms with E-state index in [2.05, 4.69) is 34.9 Å². The summed E-state index contributed by atoms with van der Waals surface area (Å²) in [4.78, 5) is 0. The lowest BCUT2D eigenvalue weighted by atomic mass is 9.92. The third-order valence-corrected chi connectivity index (χ3v) is 5.05. The molecule has 1 heterocycles. The molecule has 2 aromatic rings. The van der Waals surface area contributed by atoms with Crippen LogP contribution >= 0.6 is 23.2 Å². The molecule has 0 aromatic heterocycles. The van der Waals surface area contributed by atoms with Crippen LogP contribution in [0.25, 0.3) is 0 Å². The molecule has 1 aliphatic heterocycles. The largest absolute Gasteiger partial charge is 0.496 e. The van der Waals surface area contributed by atoms with E-state index < -0.39 is 0 Å². The van der Waals surface area contributed by atoms with E-state index >= 15 is 0 Å². The first-order valence-electron chi connectivity index (χ1n) is 8.22. The second-order valence-electron chi connectivity index (χ2n) is 6.04. The Morgan fingerprint density at radius 3 is 2.75 bits per heavy atom. The van der Waals surface area contributed by atoms with Crippen LogP contribution in [0.2, 0.25) is 10.0 Å². The highest BCUT2D eigenvalue weighted by atomic mass is 35.5. The van der Waals surface area contributed by atoms with Crippen LogP contribution in [0, 0.1) is 0 Å². The first-order chi connectivity index (χ1) is 11.7. The van der Waals surface area contributed by atoms with Crippen molar-refractivity contribution in [3.63, 3.8) is 0 Å². The molecular weight excluding hydrogens is 343 g/mol. The number of halogens is 2. The molecule has 2 atom stereocenters. The van der Waals surface area contributed by atoms with Gasteiger partial charge in [0, 0.05) is 29.2 Å². The molecule has 0 unspecified atom stereocenters. The minimum absolute atomic E-state index is 0.303. The van der Waals surface area contributed by atoms with Crippen molar-refractivity contribution in [3.8, 4) is 5.75 Å². The zero-order chi connectivity index (χ0) is 16.9. The van der Waals surface area contributed by atoms with Gasteiger partial charge in [0.15, 0.2) is 0 Å².